The molecule has 11 heteroatoms. The molecule has 0 radical (unpaired) electrons. The summed E-state index contributed by atoms with van der Waals surface area (Å²) in [6.07, 6.45) is 0.566. The summed E-state index contributed by atoms with van der Waals surface area (Å²) in [5.41, 5.74) is 3.98. The molecule has 0 saturated heterocycles. The van der Waals surface area contributed by atoms with Crippen molar-refractivity contribution in [3.05, 3.63) is 35.0 Å². The van der Waals surface area contributed by atoms with Crippen molar-refractivity contribution in [2.24, 2.45) is 5.92 Å². The Morgan fingerprint density at radius 2 is 1.97 bits per heavy atom. The highest BCUT2D eigenvalue weighted by atomic mass is 16.5. The summed E-state index contributed by atoms with van der Waals surface area (Å²) >= 11 is 0. The highest BCUT2D eigenvalue weighted by molar-refractivity contribution is 5.76. The first-order valence-electron chi connectivity index (χ1n) is 12.0. The van der Waals surface area contributed by atoms with E-state index >= 15 is 0 Å². The van der Waals surface area contributed by atoms with Crippen molar-refractivity contribution in [1.82, 2.24) is 25.4 Å². The van der Waals surface area contributed by atoms with Crippen LogP contribution in [0.25, 0.3) is 23.0 Å². The molecule has 0 aliphatic heterocycles. The molecular weight excluding hydrogens is 464 g/mol. The Bertz CT molecular complexity index is 1180. The number of carbonyl (C=O) groups is 1. The van der Waals surface area contributed by atoms with Gasteiger partial charge in [0.2, 0.25) is 17.7 Å². The number of aromatic nitrogens is 4. The van der Waals surface area contributed by atoms with E-state index in [1.165, 1.54) is 0 Å². The highest BCUT2D eigenvalue weighted by Gasteiger charge is 2.18. The number of nitrogens with zero attached hydrogens (tertiary/aromatic N) is 4. The second-order valence-corrected chi connectivity index (χ2v) is 8.90. The van der Waals surface area contributed by atoms with Gasteiger partial charge in [-0.05, 0) is 55.0 Å². The number of aliphatic hydroxyl groups excluding tert-OH is 2. The molecule has 0 spiro atoms. The number of carbonyl (C=O) groups excluding carboxylic acids is 1. The normalized spacial score (nSPS) is 12.0. The summed E-state index contributed by atoms with van der Waals surface area (Å²) in [5, 5.41) is 28.4. The first-order valence-corrected chi connectivity index (χ1v) is 12.0. The Hall–Kier alpha value is -3.57. The summed E-state index contributed by atoms with van der Waals surface area (Å²) in [5.74, 6) is 1.77. The van der Waals surface area contributed by atoms with Crippen LogP contribution in [0.15, 0.2) is 22.7 Å². The van der Waals surface area contributed by atoms with Gasteiger partial charge in [0.15, 0.2) is 0 Å². The summed E-state index contributed by atoms with van der Waals surface area (Å²) in [6.45, 7) is 7.51. The first kappa shape index (κ1) is 27.0. The van der Waals surface area contributed by atoms with Crippen LogP contribution >= 0.6 is 0 Å². The van der Waals surface area contributed by atoms with Crippen molar-refractivity contribution >= 4 is 11.9 Å². The molecule has 0 saturated carbocycles. The molecule has 1 amide bonds. The van der Waals surface area contributed by atoms with Crippen molar-refractivity contribution in [2.45, 2.75) is 46.6 Å². The minimum absolute atomic E-state index is 0.00846. The van der Waals surface area contributed by atoms with E-state index in [-0.39, 0.29) is 13.2 Å². The number of rotatable bonds is 12. The SMILES string of the molecule is CCc1cc(-c2noc(-c3cc(CC(C)C)nc(NC)n3)n2)cc(C)c1OCC(O)CNC(=O)CO. The average Bonchev–Trinajstić information content (AvgIpc) is 3.36. The molecule has 3 rings (SSSR count). The Labute approximate surface area is 210 Å². The van der Waals surface area contributed by atoms with Gasteiger partial charge in [0, 0.05) is 24.8 Å². The van der Waals surface area contributed by atoms with E-state index in [1.807, 2.05) is 32.0 Å². The van der Waals surface area contributed by atoms with E-state index in [4.69, 9.17) is 14.4 Å². The van der Waals surface area contributed by atoms with E-state index < -0.39 is 18.6 Å². The van der Waals surface area contributed by atoms with Crippen molar-refractivity contribution in [2.75, 3.05) is 32.1 Å². The van der Waals surface area contributed by atoms with Crippen molar-refractivity contribution in [3.8, 4) is 28.7 Å². The largest absolute Gasteiger partial charge is 0.490 e. The number of benzene rings is 1. The fraction of sp³-hybridized carbons (Fsp3) is 0.480. The molecule has 1 aromatic carbocycles. The maximum Gasteiger partial charge on any atom is 0.277 e. The fourth-order valence-corrected chi connectivity index (χ4v) is 3.66. The van der Waals surface area contributed by atoms with Crippen LogP contribution in [0.4, 0.5) is 5.95 Å². The summed E-state index contributed by atoms with van der Waals surface area (Å²) in [4.78, 5) is 24.7. The van der Waals surface area contributed by atoms with Gasteiger partial charge in [0.1, 0.15) is 30.8 Å². The van der Waals surface area contributed by atoms with Gasteiger partial charge in [-0.2, -0.15) is 4.98 Å². The number of amides is 1. The molecule has 4 N–H and O–H groups in total. The Morgan fingerprint density at radius 3 is 2.64 bits per heavy atom. The molecule has 0 bridgehead atoms. The summed E-state index contributed by atoms with van der Waals surface area (Å²) < 4.78 is 11.4. The lowest BCUT2D eigenvalue weighted by atomic mass is 10.0. The molecule has 3 aromatic rings. The number of hydrogen-bond donors (Lipinski definition) is 4. The van der Waals surface area contributed by atoms with E-state index in [0.29, 0.717) is 41.4 Å². The Balaban J connectivity index is 1.81. The van der Waals surface area contributed by atoms with Gasteiger partial charge in [-0.3, -0.25) is 4.79 Å². The van der Waals surface area contributed by atoms with Gasteiger partial charge in [0.05, 0.1) is 0 Å². The molecule has 36 heavy (non-hydrogen) atoms. The lowest BCUT2D eigenvalue weighted by Gasteiger charge is -2.17. The maximum atomic E-state index is 11.2. The predicted octanol–water partition coefficient (Wildman–Crippen LogP) is 2.15. The maximum absolute atomic E-state index is 11.2. The highest BCUT2D eigenvalue weighted by Crippen LogP contribution is 2.31. The minimum Gasteiger partial charge on any atom is -0.490 e. The van der Waals surface area contributed by atoms with E-state index in [1.54, 1.807) is 7.05 Å². The lowest BCUT2D eigenvalue weighted by Crippen LogP contribution is -2.36. The lowest BCUT2D eigenvalue weighted by molar-refractivity contribution is -0.124. The van der Waals surface area contributed by atoms with Crippen molar-refractivity contribution in [1.29, 1.82) is 0 Å². The van der Waals surface area contributed by atoms with Crippen LogP contribution in [-0.4, -0.2) is 69.1 Å². The van der Waals surface area contributed by atoms with Gasteiger partial charge in [0.25, 0.3) is 5.89 Å². The second-order valence-electron chi connectivity index (χ2n) is 8.90. The molecule has 11 nitrogen and oxygen atoms in total. The molecule has 0 aliphatic carbocycles. The zero-order chi connectivity index (χ0) is 26.2. The molecule has 0 aliphatic rings. The van der Waals surface area contributed by atoms with E-state index in [2.05, 4.69) is 44.6 Å². The number of nitrogens with one attached hydrogen (secondary N) is 2. The quantitative estimate of drug-likeness (QED) is 0.292. The van der Waals surface area contributed by atoms with Gasteiger partial charge >= 0.3 is 0 Å². The average molecular weight is 499 g/mol. The van der Waals surface area contributed by atoms with Crippen LogP contribution in [0.1, 0.15) is 37.6 Å². The smallest absolute Gasteiger partial charge is 0.277 e. The van der Waals surface area contributed by atoms with Crippen LogP contribution in [0.5, 0.6) is 5.75 Å². The third-order valence-electron chi connectivity index (χ3n) is 5.35. The van der Waals surface area contributed by atoms with Crippen LogP contribution in [0.3, 0.4) is 0 Å². The van der Waals surface area contributed by atoms with Crippen LogP contribution in [-0.2, 0) is 17.6 Å². The van der Waals surface area contributed by atoms with Crippen LogP contribution in [0, 0.1) is 12.8 Å². The Kier molecular flexibility index (Phi) is 9.31. The summed E-state index contributed by atoms with van der Waals surface area (Å²) in [6, 6.07) is 5.69. The molecule has 0 fully saturated rings. The van der Waals surface area contributed by atoms with Gasteiger partial charge in [-0.1, -0.05) is 25.9 Å². The first-order chi connectivity index (χ1) is 17.2. The van der Waals surface area contributed by atoms with Crippen molar-refractivity contribution < 1.29 is 24.3 Å². The molecule has 1 atom stereocenters. The molecule has 2 aromatic heterocycles. The van der Waals surface area contributed by atoms with Crippen LogP contribution in [0.2, 0.25) is 0 Å². The number of aliphatic hydroxyl groups is 2. The van der Waals surface area contributed by atoms with Crippen LogP contribution < -0.4 is 15.4 Å². The standard InChI is InChI=1S/C25H34N6O5/c1-6-16-9-17(8-15(4)22(16)35-13-19(33)11-27-21(34)12-32)23-30-24(36-31-23)20-10-18(7-14(2)3)28-25(26-5)29-20/h8-10,14,19,32-33H,6-7,11-13H2,1-5H3,(H,27,34)(H,26,28,29). The second kappa shape index (κ2) is 12.4. The zero-order valence-electron chi connectivity index (χ0n) is 21.3. The molecular formula is C25H34N6O5. The van der Waals surface area contributed by atoms with E-state index in [9.17, 15) is 9.90 Å². The third kappa shape index (κ3) is 6.98. The molecule has 1 unspecified atom stereocenters. The monoisotopic (exact) mass is 498 g/mol. The Morgan fingerprint density at radius 1 is 1.19 bits per heavy atom. The number of aryl methyl sites for hydroxylation is 2. The van der Waals surface area contributed by atoms with E-state index in [0.717, 1.165) is 28.8 Å². The minimum atomic E-state index is -0.917. The topological polar surface area (TPSA) is 156 Å². The predicted molar refractivity (Wildman–Crippen MR) is 135 cm³/mol. The summed E-state index contributed by atoms with van der Waals surface area (Å²) in [7, 11) is 1.76. The molecule has 2 heterocycles. The zero-order valence-corrected chi connectivity index (χ0v) is 21.3. The third-order valence-corrected chi connectivity index (χ3v) is 5.35. The molecule has 194 valence electrons. The number of hydrogen-bond acceptors (Lipinski definition) is 10. The number of ether oxygens (including phenoxy) is 1. The fourth-order valence-electron chi connectivity index (χ4n) is 3.66. The van der Waals surface area contributed by atoms with Gasteiger partial charge in [-0.25, -0.2) is 9.97 Å². The van der Waals surface area contributed by atoms with Gasteiger partial charge < -0.3 is 30.1 Å². The van der Waals surface area contributed by atoms with Gasteiger partial charge in [-0.15, -0.1) is 0 Å². The van der Waals surface area contributed by atoms with Crippen molar-refractivity contribution in [3.63, 3.8) is 0 Å². The number of anilines is 1.